The molecule has 7 heteroatoms. The third-order valence-corrected chi connectivity index (χ3v) is 4.61. The van der Waals surface area contributed by atoms with Crippen LogP contribution >= 0.6 is 0 Å². The SMILES string of the molecule is CCN(CC)CCCNS(=O)(=O)c1ccc(N)c(O)c1. The van der Waals surface area contributed by atoms with Crippen molar-refractivity contribution < 1.29 is 13.5 Å². The first kappa shape index (κ1) is 16.7. The second-order valence-electron chi connectivity index (χ2n) is 4.50. The van der Waals surface area contributed by atoms with Gasteiger partial charge in [-0.3, -0.25) is 0 Å². The van der Waals surface area contributed by atoms with Gasteiger partial charge < -0.3 is 15.7 Å². The van der Waals surface area contributed by atoms with Gasteiger partial charge in [0.15, 0.2) is 0 Å². The van der Waals surface area contributed by atoms with Gasteiger partial charge in [0.2, 0.25) is 10.0 Å². The standard InChI is InChI=1S/C13H23N3O3S/c1-3-16(4-2)9-5-8-15-20(18,19)11-6-7-12(14)13(17)10-11/h6-7,10,15,17H,3-5,8-9,14H2,1-2H3. The van der Waals surface area contributed by atoms with E-state index in [4.69, 9.17) is 5.73 Å². The van der Waals surface area contributed by atoms with Crippen LogP contribution in [0.5, 0.6) is 5.75 Å². The van der Waals surface area contributed by atoms with Crippen molar-refractivity contribution in [3.05, 3.63) is 18.2 Å². The Bertz CT molecular complexity index is 528. The van der Waals surface area contributed by atoms with Crippen LogP contribution in [0, 0.1) is 0 Å². The molecule has 0 saturated carbocycles. The monoisotopic (exact) mass is 301 g/mol. The third kappa shape index (κ3) is 4.66. The molecule has 4 N–H and O–H groups in total. The first-order valence-electron chi connectivity index (χ1n) is 6.71. The summed E-state index contributed by atoms with van der Waals surface area (Å²) in [4.78, 5) is 2.25. The van der Waals surface area contributed by atoms with Crippen molar-refractivity contribution in [2.24, 2.45) is 0 Å². The van der Waals surface area contributed by atoms with Gasteiger partial charge >= 0.3 is 0 Å². The Morgan fingerprint density at radius 1 is 1.30 bits per heavy atom. The molecule has 0 spiro atoms. The summed E-state index contributed by atoms with van der Waals surface area (Å²) < 4.78 is 26.5. The van der Waals surface area contributed by atoms with Gasteiger partial charge in [-0.15, -0.1) is 0 Å². The second-order valence-corrected chi connectivity index (χ2v) is 6.27. The van der Waals surface area contributed by atoms with Crippen LogP contribution in [0.25, 0.3) is 0 Å². The number of benzene rings is 1. The summed E-state index contributed by atoms with van der Waals surface area (Å²) in [6.07, 6.45) is 0.738. The number of anilines is 1. The van der Waals surface area contributed by atoms with Crippen molar-refractivity contribution >= 4 is 15.7 Å². The Morgan fingerprint density at radius 2 is 1.95 bits per heavy atom. The maximum absolute atomic E-state index is 12.0. The highest BCUT2D eigenvalue weighted by atomic mass is 32.2. The minimum absolute atomic E-state index is 0.0204. The molecular weight excluding hydrogens is 278 g/mol. The number of hydrogen-bond acceptors (Lipinski definition) is 5. The van der Waals surface area contributed by atoms with E-state index in [2.05, 4.69) is 23.5 Å². The number of rotatable bonds is 8. The van der Waals surface area contributed by atoms with Gasteiger partial charge in [0.05, 0.1) is 10.6 Å². The number of aromatic hydroxyl groups is 1. The van der Waals surface area contributed by atoms with E-state index in [-0.39, 0.29) is 16.3 Å². The largest absolute Gasteiger partial charge is 0.506 e. The molecule has 0 aliphatic rings. The molecule has 0 aliphatic heterocycles. The summed E-state index contributed by atoms with van der Waals surface area (Å²) in [5, 5.41) is 9.45. The molecule has 6 nitrogen and oxygen atoms in total. The van der Waals surface area contributed by atoms with Crippen LogP contribution in [0.15, 0.2) is 23.1 Å². The topological polar surface area (TPSA) is 95.7 Å². The van der Waals surface area contributed by atoms with Crippen molar-refractivity contribution in [3.63, 3.8) is 0 Å². The van der Waals surface area contributed by atoms with Gasteiger partial charge in [-0.25, -0.2) is 13.1 Å². The fraction of sp³-hybridized carbons (Fsp3) is 0.538. The molecule has 0 heterocycles. The molecule has 114 valence electrons. The van der Waals surface area contributed by atoms with E-state index in [1.54, 1.807) is 0 Å². The normalized spacial score (nSPS) is 11.9. The van der Waals surface area contributed by atoms with Crippen LogP contribution in [0.3, 0.4) is 0 Å². The fourth-order valence-electron chi connectivity index (χ4n) is 1.82. The average molecular weight is 301 g/mol. The molecule has 0 aliphatic carbocycles. The zero-order valence-electron chi connectivity index (χ0n) is 12.0. The Morgan fingerprint density at radius 3 is 2.50 bits per heavy atom. The number of phenolic OH excluding ortho intramolecular Hbond substituents is 1. The highest BCUT2D eigenvalue weighted by Gasteiger charge is 2.14. The van der Waals surface area contributed by atoms with Crippen molar-refractivity contribution in [2.45, 2.75) is 25.2 Å². The predicted molar refractivity (Wildman–Crippen MR) is 80.1 cm³/mol. The highest BCUT2D eigenvalue weighted by Crippen LogP contribution is 2.23. The molecule has 0 atom stereocenters. The van der Waals surface area contributed by atoms with Gasteiger partial charge in [0, 0.05) is 12.6 Å². The molecule has 0 bridgehead atoms. The van der Waals surface area contributed by atoms with E-state index in [1.807, 2.05) is 0 Å². The van der Waals surface area contributed by atoms with Gasteiger partial charge in [-0.05, 0) is 38.2 Å². The molecule has 0 amide bonds. The highest BCUT2D eigenvalue weighted by molar-refractivity contribution is 7.89. The zero-order valence-corrected chi connectivity index (χ0v) is 12.8. The van der Waals surface area contributed by atoms with Crippen molar-refractivity contribution in [1.82, 2.24) is 9.62 Å². The maximum atomic E-state index is 12.0. The number of nitrogen functional groups attached to an aromatic ring is 1. The summed E-state index contributed by atoms with van der Waals surface area (Å²) in [7, 11) is -3.60. The number of nitrogens with two attached hydrogens (primary N) is 1. The Hall–Kier alpha value is -1.31. The summed E-state index contributed by atoms with van der Waals surface area (Å²) in [6.45, 7) is 7.27. The Kier molecular flexibility index (Phi) is 6.25. The van der Waals surface area contributed by atoms with Crippen molar-refractivity contribution in [3.8, 4) is 5.75 Å². The first-order chi connectivity index (χ1) is 9.40. The van der Waals surface area contributed by atoms with Crippen LogP contribution in [0.1, 0.15) is 20.3 Å². The smallest absolute Gasteiger partial charge is 0.240 e. The van der Waals surface area contributed by atoms with Crippen LogP contribution in [0.2, 0.25) is 0 Å². The van der Waals surface area contributed by atoms with Crippen LogP contribution in [-0.2, 0) is 10.0 Å². The molecule has 1 aromatic carbocycles. The minimum Gasteiger partial charge on any atom is -0.506 e. The molecule has 0 radical (unpaired) electrons. The Balaban J connectivity index is 2.55. The lowest BCUT2D eigenvalue weighted by molar-refractivity contribution is 0.300. The average Bonchev–Trinajstić information content (AvgIpc) is 2.42. The van der Waals surface area contributed by atoms with E-state index in [9.17, 15) is 13.5 Å². The summed E-state index contributed by atoms with van der Waals surface area (Å²) in [5.41, 5.74) is 5.60. The molecule has 20 heavy (non-hydrogen) atoms. The number of nitrogens with zero attached hydrogens (tertiary/aromatic N) is 1. The van der Waals surface area contributed by atoms with Gasteiger partial charge in [0.25, 0.3) is 0 Å². The molecule has 1 aromatic rings. The second kappa shape index (κ2) is 7.47. The number of nitrogens with one attached hydrogen (secondary N) is 1. The minimum atomic E-state index is -3.60. The van der Waals surface area contributed by atoms with Gasteiger partial charge in [-0.2, -0.15) is 0 Å². The molecule has 1 rings (SSSR count). The van der Waals surface area contributed by atoms with Crippen molar-refractivity contribution in [1.29, 1.82) is 0 Å². The van der Waals surface area contributed by atoms with E-state index in [0.717, 1.165) is 32.1 Å². The third-order valence-electron chi connectivity index (χ3n) is 3.15. The summed E-state index contributed by atoms with van der Waals surface area (Å²) >= 11 is 0. The predicted octanol–water partition coefficient (Wildman–Crippen LogP) is 0.985. The van der Waals surface area contributed by atoms with Gasteiger partial charge in [-0.1, -0.05) is 13.8 Å². The van der Waals surface area contributed by atoms with Crippen LogP contribution in [-0.4, -0.2) is 44.6 Å². The lowest BCUT2D eigenvalue weighted by atomic mass is 10.3. The van der Waals surface area contributed by atoms with Crippen LogP contribution in [0.4, 0.5) is 5.69 Å². The molecule has 0 saturated heterocycles. The zero-order chi connectivity index (χ0) is 15.2. The van der Waals surface area contributed by atoms with E-state index in [0.29, 0.717) is 6.54 Å². The van der Waals surface area contributed by atoms with E-state index < -0.39 is 10.0 Å². The molecular formula is C13H23N3O3S. The van der Waals surface area contributed by atoms with Crippen molar-refractivity contribution in [2.75, 3.05) is 31.9 Å². The van der Waals surface area contributed by atoms with Gasteiger partial charge in [0.1, 0.15) is 5.75 Å². The molecule has 0 aromatic heterocycles. The first-order valence-corrected chi connectivity index (χ1v) is 8.19. The summed E-state index contributed by atoms with van der Waals surface area (Å²) in [6, 6.07) is 3.91. The number of phenols is 1. The molecule has 0 unspecified atom stereocenters. The lowest BCUT2D eigenvalue weighted by Crippen LogP contribution is -2.30. The molecule has 0 fully saturated rings. The Labute approximate surface area is 120 Å². The number of sulfonamides is 1. The number of hydrogen-bond donors (Lipinski definition) is 3. The fourth-order valence-corrected chi connectivity index (χ4v) is 2.92. The maximum Gasteiger partial charge on any atom is 0.240 e. The van der Waals surface area contributed by atoms with E-state index in [1.165, 1.54) is 12.1 Å². The lowest BCUT2D eigenvalue weighted by Gasteiger charge is -2.17. The summed E-state index contributed by atoms with van der Waals surface area (Å²) in [5.74, 6) is -0.226. The van der Waals surface area contributed by atoms with E-state index >= 15 is 0 Å². The van der Waals surface area contributed by atoms with Crippen LogP contribution < -0.4 is 10.5 Å². The quantitative estimate of drug-likeness (QED) is 0.378.